The predicted molar refractivity (Wildman–Crippen MR) is 108 cm³/mol. The highest BCUT2D eigenvalue weighted by Gasteiger charge is 2.27. The zero-order chi connectivity index (χ0) is 22.7. The summed E-state index contributed by atoms with van der Waals surface area (Å²) in [7, 11) is -1.39. The standard InChI is InChI=1S/C19H22N2O8S/c1-19(2,3)20-30(25,26)17-10-12(6-8-16(17)28-5)18(22)29-15-9-7-13(27-4)11-14(15)21(23)24/h6-11,20H,1-5H3. The molecular weight excluding hydrogens is 416 g/mol. The number of nitro groups is 1. The zero-order valence-electron chi connectivity index (χ0n) is 17.1. The van der Waals surface area contributed by atoms with Crippen LogP contribution in [-0.4, -0.2) is 39.1 Å². The van der Waals surface area contributed by atoms with Gasteiger partial charge in [0.1, 0.15) is 16.4 Å². The third kappa shape index (κ3) is 5.45. The van der Waals surface area contributed by atoms with E-state index in [1.54, 1.807) is 20.8 Å². The number of methoxy groups -OCH3 is 2. The average molecular weight is 438 g/mol. The number of carbonyl (C=O) groups is 1. The van der Waals surface area contributed by atoms with Gasteiger partial charge in [-0.25, -0.2) is 17.9 Å². The molecule has 0 aliphatic carbocycles. The number of ether oxygens (including phenoxy) is 3. The third-order valence-corrected chi connectivity index (χ3v) is 5.47. The molecule has 10 nitrogen and oxygen atoms in total. The summed E-state index contributed by atoms with van der Waals surface area (Å²) in [5.74, 6) is -1.04. The Labute approximate surface area is 174 Å². The van der Waals surface area contributed by atoms with Crippen LogP contribution in [0.4, 0.5) is 5.69 Å². The van der Waals surface area contributed by atoms with Crippen molar-refractivity contribution in [3.63, 3.8) is 0 Å². The first-order chi connectivity index (χ1) is 13.9. The van der Waals surface area contributed by atoms with Crippen LogP contribution in [0.2, 0.25) is 0 Å². The predicted octanol–water partition coefficient (Wildman–Crippen LogP) is 2.91. The van der Waals surface area contributed by atoms with Crippen molar-refractivity contribution in [2.75, 3.05) is 14.2 Å². The lowest BCUT2D eigenvalue weighted by Crippen LogP contribution is -2.40. The minimum atomic E-state index is -4.03. The Kier molecular flexibility index (Phi) is 6.68. The van der Waals surface area contributed by atoms with Gasteiger partial charge in [0.25, 0.3) is 0 Å². The Hall–Kier alpha value is -3.18. The summed E-state index contributed by atoms with van der Waals surface area (Å²) in [4.78, 5) is 22.9. The van der Waals surface area contributed by atoms with E-state index in [1.807, 2.05) is 0 Å². The summed E-state index contributed by atoms with van der Waals surface area (Å²) in [6.45, 7) is 4.99. The molecular formula is C19H22N2O8S. The Morgan fingerprint density at radius 3 is 2.20 bits per heavy atom. The molecule has 2 rings (SSSR count). The second kappa shape index (κ2) is 8.67. The smallest absolute Gasteiger partial charge is 0.343 e. The van der Waals surface area contributed by atoms with Crippen molar-refractivity contribution in [2.24, 2.45) is 0 Å². The van der Waals surface area contributed by atoms with Gasteiger partial charge < -0.3 is 14.2 Å². The highest BCUT2D eigenvalue weighted by Crippen LogP contribution is 2.32. The van der Waals surface area contributed by atoms with Gasteiger partial charge >= 0.3 is 11.7 Å². The van der Waals surface area contributed by atoms with E-state index in [1.165, 1.54) is 38.5 Å². The fourth-order valence-corrected chi connectivity index (χ4v) is 4.10. The SMILES string of the molecule is COc1ccc(OC(=O)c2ccc(OC)c(S(=O)(=O)NC(C)(C)C)c2)c([N+](=O)[O-])c1. The van der Waals surface area contributed by atoms with Crippen molar-refractivity contribution in [3.05, 3.63) is 52.1 Å². The number of nitrogens with zero attached hydrogens (tertiary/aromatic N) is 1. The molecule has 2 aromatic rings. The van der Waals surface area contributed by atoms with E-state index in [-0.39, 0.29) is 27.7 Å². The highest BCUT2D eigenvalue weighted by atomic mass is 32.2. The molecule has 2 aromatic carbocycles. The average Bonchev–Trinajstić information content (AvgIpc) is 2.65. The van der Waals surface area contributed by atoms with Crippen molar-refractivity contribution < 1.29 is 32.3 Å². The van der Waals surface area contributed by atoms with Crippen LogP contribution in [-0.2, 0) is 10.0 Å². The number of nitrogens with one attached hydrogen (secondary N) is 1. The second-order valence-corrected chi connectivity index (χ2v) is 8.85. The van der Waals surface area contributed by atoms with Gasteiger partial charge in [-0.1, -0.05) is 0 Å². The van der Waals surface area contributed by atoms with Crippen LogP contribution in [0.3, 0.4) is 0 Å². The molecule has 0 heterocycles. The summed E-state index contributed by atoms with van der Waals surface area (Å²) >= 11 is 0. The largest absolute Gasteiger partial charge is 0.496 e. The van der Waals surface area contributed by atoms with E-state index in [0.717, 1.165) is 12.1 Å². The minimum absolute atomic E-state index is 0.0266. The molecule has 0 amide bonds. The van der Waals surface area contributed by atoms with Crippen LogP contribution in [0.1, 0.15) is 31.1 Å². The van der Waals surface area contributed by atoms with Crippen LogP contribution in [0.25, 0.3) is 0 Å². The van der Waals surface area contributed by atoms with E-state index in [2.05, 4.69) is 4.72 Å². The second-order valence-electron chi connectivity index (χ2n) is 7.20. The molecule has 162 valence electrons. The van der Waals surface area contributed by atoms with Gasteiger partial charge in [0, 0.05) is 5.54 Å². The number of carbonyl (C=O) groups excluding carboxylic acids is 1. The van der Waals surface area contributed by atoms with Crippen LogP contribution < -0.4 is 18.9 Å². The summed E-state index contributed by atoms with van der Waals surface area (Å²) in [6.07, 6.45) is 0. The van der Waals surface area contributed by atoms with E-state index < -0.39 is 32.1 Å². The van der Waals surface area contributed by atoms with Crippen LogP contribution in [0.15, 0.2) is 41.3 Å². The molecule has 0 aliphatic heterocycles. The quantitative estimate of drug-likeness (QED) is 0.302. The van der Waals surface area contributed by atoms with Gasteiger partial charge in [-0.05, 0) is 51.1 Å². The van der Waals surface area contributed by atoms with E-state index in [0.29, 0.717) is 0 Å². The number of esters is 1. The van der Waals surface area contributed by atoms with Crippen molar-refractivity contribution in [1.82, 2.24) is 4.72 Å². The monoisotopic (exact) mass is 438 g/mol. The topological polar surface area (TPSA) is 134 Å². The molecule has 0 atom stereocenters. The molecule has 0 aliphatic rings. The van der Waals surface area contributed by atoms with Gasteiger partial charge in [0.2, 0.25) is 15.8 Å². The minimum Gasteiger partial charge on any atom is -0.496 e. The fourth-order valence-electron chi connectivity index (χ4n) is 2.48. The Balaban J connectivity index is 2.44. The number of nitro benzene ring substituents is 1. The number of benzene rings is 2. The summed E-state index contributed by atoms with van der Waals surface area (Å²) in [5.41, 5.74) is -1.38. The van der Waals surface area contributed by atoms with E-state index >= 15 is 0 Å². The van der Waals surface area contributed by atoms with Gasteiger partial charge in [-0.15, -0.1) is 0 Å². The van der Waals surface area contributed by atoms with Crippen LogP contribution in [0.5, 0.6) is 17.2 Å². The van der Waals surface area contributed by atoms with Crippen molar-refractivity contribution in [1.29, 1.82) is 0 Å². The Bertz CT molecular complexity index is 1070. The lowest BCUT2D eigenvalue weighted by Gasteiger charge is -2.21. The first-order valence-electron chi connectivity index (χ1n) is 8.64. The molecule has 1 N–H and O–H groups in total. The summed E-state index contributed by atoms with van der Waals surface area (Å²) < 4.78 is 43.1. The third-order valence-electron chi connectivity index (χ3n) is 3.69. The van der Waals surface area contributed by atoms with E-state index in [4.69, 9.17) is 14.2 Å². The number of hydrogen-bond acceptors (Lipinski definition) is 8. The molecule has 11 heteroatoms. The molecule has 0 saturated carbocycles. The van der Waals surface area contributed by atoms with Gasteiger partial charge in [0.15, 0.2) is 0 Å². The first-order valence-corrected chi connectivity index (χ1v) is 10.1. The van der Waals surface area contributed by atoms with Gasteiger partial charge in [-0.2, -0.15) is 0 Å². The molecule has 30 heavy (non-hydrogen) atoms. The highest BCUT2D eigenvalue weighted by molar-refractivity contribution is 7.89. The molecule has 0 bridgehead atoms. The summed E-state index contributed by atoms with van der Waals surface area (Å²) in [5, 5.41) is 11.3. The zero-order valence-corrected chi connectivity index (χ0v) is 17.9. The van der Waals surface area contributed by atoms with Gasteiger partial charge in [-0.3, -0.25) is 10.1 Å². The van der Waals surface area contributed by atoms with Crippen LogP contribution >= 0.6 is 0 Å². The van der Waals surface area contributed by atoms with Crippen molar-refractivity contribution in [3.8, 4) is 17.2 Å². The fraction of sp³-hybridized carbons (Fsp3) is 0.316. The van der Waals surface area contributed by atoms with Gasteiger partial charge in [0.05, 0.1) is 30.8 Å². The molecule has 0 saturated heterocycles. The Morgan fingerprint density at radius 2 is 1.67 bits per heavy atom. The number of rotatable bonds is 7. The molecule has 0 aromatic heterocycles. The maximum Gasteiger partial charge on any atom is 0.343 e. The van der Waals surface area contributed by atoms with Crippen molar-refractivity contribution in [2.45, 2.75) is 31.2 Å². The molecule has 0 fully saturated rings. The van der Waals surface area contributed by atoms with Crippen LogP contribution in [0, 0.1) is 10.1 Å². The van der Waals surface area contributed by atoms with E-state index in [9.17, 15) is 23.3 Å². The summed E-state index contributed by atoms with van der Waals surface area (Å²) in [6, 6.07) is 7.41. The van der Waals surface area contributed by atoms with Crippen molar-refractivity contribution >= 4 is 21.7 Å². The maximum absolute atomic E-state index is 12.7. The molecule has 0 spiro atoms. The lowest BCUT2D eigenvalue weighted by molar-refractivity contribution is -0.385. The maximum atomic E-state index is 12.7. The molecule has 0 radical (unpaired) electrons. The first kappa shape index (κ1) is 23.1. The number of sulfonamides is 1. The Morgan fingerprint density at radius 1 is 1.03 bits per heavy atom. The normalized spacial score (nSPS) is 11.6. The molecule has 0 unspecified atom stereocenters. The number of hydrogen-bond donors (Lipinski definition) is 1. The lowest BCUT2D eigenvalue weighted by atomic mass is 10.1.